The lowest BCUT2D eigenvalue weighted by atomic mass is 10.1. The van der Waals surface area contributed by atoms with Gasteiger partial charge >= 0.3 is 0 Å². The van der Waals surface area contributed by atoms with E-state index >= 15 is 0 Å². The molecule has 0 bridgehead atoms. The Kier molecular flexibility index (Phi) is 2.86. The molecule has 2 rings (SSSR count). The fourth-order valence-corrected chi connectivity index (χ4v) is 2.04. The lowest BCUT2D eigenvalue weighted by molar-refractivity contribution is 0.403. The van der Waals surface area contributed by atoms with E-state index in [4.69, 9.17) is 0 Å². The van der Waals surface area contributed by atoms with Crippen LogP contribution in [-0.4, -0.2) is 35.1 Å². The van der Waals surface area contributed by atoms with E-state index in [1.54, 1.807) is 0 Å². The molecule has 0 amide bonds. The standard InChI is InChI=1S/C11H18N4/c1-8-4-12-11(13-5-8)15-6-9(2)14-10(3)7-15/h4-5,9-10,14H,6-7H2,1-3H3. The maximum absolute atomic E-state index is 4.36. The molecule has 0 aromatic carbocycles. The van der Waals surface area contributed by atoms with Crippen LogP contribution >= 0.6 is 0 Å². The minimum atomic E-state index is 0.499. The van der Waals surface area contributed by atoms with E-state index < -0.39 is 0 Å². The Balaban J connectivity index is 2.12. The number of aromatic nitrogens is 2. The third-order valence-electron chi connectivity index (χ3n) is 2.61. The monoisotopic (exact) mass is 206 g/mol. The zero-order valence-electron chi connectivity index (χ0n) is 9.57. The van der Waals surface area contributed by atoms with Gasteiger partial charge in [0.15, 0.2) is 0 Å². The van der Waals surface area contributed by atoms with Crippen molar-refractivity contribution in [3.63, 3.8) is 0 Å². The van der Waals surface area contributed by atoms with Gasteiger partial charge in [-0.2, -0.15) is 0 Å². The number of piperazine rings is 1. The van der Waals surface area contributed by atoms with E-state index in [0.717, 1.165) is 24.6 Å². The van der Waals surface area contributed by atoms with E-state index in [9.17, 15) is 0 Å². The normalized spacial score (nSPS) is 26.7. The Labute approximate surface area is 90.7 Å². The SMILES string of the molecule is Cc1cnc(N2CC(C)NC(C)C2)nc1. The molecular formula is C11H18N4. The van der Waals surface area contributed by atoms with Gasteiger partial charge in [0.1, 0.15) is 0 Å². The van der Waals surface area contributed by atoms with E-state index in [1.165, 1.54) is 0 Å². The number of hydrogen-bond donors (Lipinski definition) is 1. The van der Waals surface area contributed by atoms with Gasteiger partial charge in [-0.3, -0.25) is 0 Å². The summed E-state index contributed by atoms with van der Waals surface area (Å²) in [4.78, 5) is 11.0. The fourth-order valence-electron chi connectivity index (χ4n) is 2.04. The van der Waals surface area contributed by atoms with Crippen molar-refractivity contribution in [1.29, 1.82) is 0 Å². The molecule has 2 atom stereocenters. The minimum Gasteiger partial charge on any atom is -0.338 e. The smallest absolute Gasteiger partial charge is 0.225 e. The highest BCUT2D eigenvalue weighted by atomic mass is 15.3. The first kappa shape index (κ1) is 10.4. The topological polar surface area (TPSA) is 41.1 Å². The van der Waals surface area contributed by atoms with Crippen LogP contribution in [0.25, 0.3) is 0 Å². The van der Waals surface area contributed by atoms with Crippen LogP contribution in [0, 0.1) is 6.92 Å². The van der Waals surface area contributed by atoms with Crippen molar-refractivity contribution in [3.8, 4) is 0 Å². The van der Waals surface area contributed by atoms with E-state index in [-0.39, 0.29) is 0 Å². The maximum Gasteiger partial charge on any atom is 0.225 e. The second-order valence-corrected chi connectivity index (χ2v) is 4.43. The molecule has 4 heteroatoms. The molecule has 2 heterocycles. The minimum absolute atomic E-state index is 0.499. The van der Waals surface area contributed by atoms with Crippen LogP contribution in [0.2, 0.25) is 0 Å². The summed E-state index contributed by atoms with van der Waals surface area (Å²) in [5.74, 6) is 0.848. The zero-order chi connectivity index (χ0) is 10.8. The van der Waals surface area contributed by atoms with Crippen molar-refractivity contribution in [2.45, 2.75) is 32.9 Å². The predicted molar refractivity (Wildman–Crippen MR) is 61.0 cm³/mol. The summed E-state index contributed by atoms with van der Waals surface area (Å²) in [6.07, 6.45) is 3.75. The maximum atomic E-state index is 4.36. The molecule has 1 aliphatic rings. The number of nitrogens with one attached hydrogen (secondary N) is 1. The molecule has 1 aromatic rings. The summed E-state index contributed by atoms with van der Waals surface area (Å²) in [6, 6.07) is 0.998. The Morgan fingerprint density at radius 2 is 1.73 bits per heavy atom. The summed E-state index contributed by atoms with van der Waals surface area (Å²) >= 11 is 0. The van der Waals surface area contributed by atoms with Crippen molar-refractivity contribution < 1.29 is 0 Å². The average molecular weight is 206 g/mol. The molecule has 1 N–H and O–H groups in total. The first-order chi connectivity index (χ1) is 7.15. The molecule has 0 spiro atoms. The second-order valence-electron chi connectivity index (χ2n) is 4.43. The Morgan fingerprint density at radius 3 is 2.27 bits per heavy atom. The number of nitrogens with zero attached hydrogens (tertiary/aromatic N) is 3. The molecule has 4 nitrogen and oxygen atoms in total. The second kappa shape index (κ2) is 4.14. The summed E-state index contributed by atoms with van der Waals surface area (Å²) in [6.45, 7) is 8.35. The van der Waals surface area contributed by atoms with Gasteiger partial charge in [-0.1, -0.05) is 0 Å². The van der Waals surface area contributed by atoms with Gasteiger partial charge in [0.2, 0.25) is 5.95 Å². The molecule has 1 aliphatic heterocycles. The van der Waals surface area contributed by atoms with E-state index in [2.05, 4.69) is 34.0 Å². The highest BCUT2D eigenvalue weighted by Gasteiger charge is 2.22. The molecule has 82 valence electrons. The molecule has 0 aliphatic carbocycles. The van der Waals surface area contributed by atoms with Crippen molar-refractivity contribution in [2.75, 3.05) is 18.0 Å². The van der Waals surface area contributed by atoms with Gasteiger partial charge in [0.05, 0.1) is 0 Å². The summed E-state index contributed by atoms with van der Waals surface area (Å²) in [7, 11) is 0. The van der Waals surface area contributed by atoms with Crippen LogP contribution in [-0.2, 0) is 0 Å². The van der Waals surface area contributed by atoms with Crippen LogP contribution in [0.5, 0.6) is 0 Å². The highest BCUT2D eigenvalue weighted by Crippen LogP contribution is 2.11. The predicted octanol–water partition coefficient (Wildman–Crippen LogP) is 0.972. The van der Waals surface area contributed by atoms with Crippen molar-refractivity contribution in [2.24, 2.45) is 0 Å². The molecule has 15 heavy (non-hydrogen) atoms. The van der Waals surface area contributed by atoms with Crippen LogP contribution in [0.3, 0.4) is 0 Å². The first-order valence-electron chi connectivity index (χ1n) is 5.45. The Morgan fingerprint density at radius 1 is 1.20 bits per heavy atom. The van der Waals surface area contributed by atoms with E-state index in [0.29, 0.717) is 12.1 Å². The molecule has 1 saturated heterocycles. The highest BCUT2D eigenvalue weighted by molar-refractivity contribution is 5.31. The van der Waals surface area contributed by atoms with Gasteiger partial charge < -0.3 is 10.2 Å². The number of anilines is 1. The van der Waals surface area contributed by atoms with E-state index in [1.807, 2.05) is 19.3 Å². The number of hydrogen-bond acceptors (Lipinski definition) is 4. The Hall–Kier alpha value is -1.16. The molecule has 0 saturated carbocycles. The van der Waals surface area contributed by atoms with Crippen LogP contribution in [0.4, 0.5) is 5.95 Å². The number of rotatable bonds is 1. The molecule has 1 fully saturated rings. The van der Waals surface area contributed by atoms with Crippen molar-refractivity contribution in [1.82, 2.24) is 15.3 Å². The summed E-state index contributed by atoms with van der Waals surface area (Å²) in [5, 5.41) is 3.49. The lowest BCUT2D eigenvalue weighted by Crippen LogP contribution is -2.54. The fraction of sp³-hybridized carbons (Fsp3) is 0.636. The Bertz CT molecular complexity index is 312. The van der Waals surface area contributed by atoms with Crippen molar-refractivity contribution >= 4 is 5.95 Å². The summed E-state index contributed by atoms with van der Waals surface area (Å²) < 4.78 is 0. The number of aryl methyl sites for hydroxylation is 1. The van der Waals surface area contributed by atoms with Crippen LogP contribution < -0.4 is 10.2 Å². The largest absolute Gasteiger partial charge is 0.338 e. The van der Waals surface area contributed by atoms with Gasteiger partial charge in [-0.05, 0) is 26.3 Å². The molecule has 0 radical (unpaired) electrons. The molecule has 1 aromatic heterocycles. The van der Waals surface area contributed by atoms with Gasteiger partial charge in [-0.15, -0.1) is 0 Å². The van der Waals surface area contributed by atoms with Gasteiger partial charge in [0.25, 0.3) is 0 Å². The van der Waals surface area contributed by atoms with Gasteiger partial charge in [0, 0.05) is 37.6 Å². The lowest BCUT2D eigenvalue weighted by Gasteiger charge is -2.36. The molecular weight excluding hydrogens is 188 g/mol. The average Bonchev–Trinajstić information content (AvgIpc) is 2.17. The van der Waals surface area contributed by atoms with Crippen molar-refractivity contribution in [3.05, 3.63) is 18.0 Å². The zero-order valence-corrected chi connectivity index (χ0v) is 9.57. The molecule has 2 unspecified atom stereocenters. The van der Waals surface area contributed by atoms with Crippen LogP contribution in [0.15, 0.2) is 12.4 Å². The third-order valence-corrected chi connectivity index (χ3v) is 2.61. The van der Waals surface area contributed by atoms with Crippen LogP contribution in [0.1, 0.15) is 19.4 Å². The van der Waals surface area contributed by atoms with Gasteiger partial charge in [-0.25, -0.2) is 9.97 Å². The summed E-state index contributed by atoms with van der Waals surface area (Å²) in [5.41, 5.74) is 1.11. The first-order valence-corrected chi connectivity index (χ1v) is 5.45. The quantitative estimate of drug-likeness (QED) is 0.743. The third kappa shape index (κ3) is 2.45.